The molecule has 9 heteroatoms. The van der Waals surface area contributed by atoms with E-state index in [1.165, 1.54) is 5.01 Å². The van der Waals surface area contributed by atoms with Crippen LogP contribution in [0.3, 0.4) is 0 Å². The summed E-state index contributed by atoms with van der Waals surface area (Å²) in [4.78, 5) is 28.1. The molecule has 2 aromatic rings. The fourth-order valence-electron chi connectivity index (χ4n) is 4.35. The van der Waals surface area contributed by atoms with Gasteiger partial charge in [0.15, 0.2) is 0 Å². The highest BCUT2D eigenvalue weighted by atomic mass is 16.5. The van der Waals surface area contributed by atoms with Gasteiger partial charge in [0.1, 0.15) is 23.8 Å². The van der Waals surface area contributed by atoms with Crippen molar-refractivity contribution in [2.45, 2.75) is 25.3 Å². The van der Waals surface area contributed by atoms with E-state index in [0.29, 0.717) is 36.8 Å². The van der Waals surface area contributed by atoms with Crippen LogP contribution in [0, 0.1) is 5.92 Å². The van der Waals surface area contributed by atoms with E-state index in [1.807, 2.05) is 42.5 Å². The number of carbonyl (C=O) groups is 2. The lowest BCUT2D eigenvalue weighted by Gasteiger charge is -2.27. The molecule has 0 unspecified atom stereocenters. The van der Waals surface area contributed by atoms with Crippen LogP contribution in [0.25, 0.3) is 0 Å². The largest absolute Gasteiger partial charge is 0.497 e. The maximum absolute atomic E-state index is 13.7. The molecule has 1 aliphatic carbocycles. The highest BCUT2D eigenvalue weighted by Gasteiger charge is 2.38. The van der Waals surface area contributed by atoms with Crippen LogP contribution in [-0.2, 0) is 14.3 Å². The summed E-state index contributed by atoms with van der Waals surface area (Å²) < 4.78 is 21.6. The first-order valence-electron chi connectivity index (χ1n) is 12.0. The SMILES string of the molecule is COCCN(CC(=O)N1N=C(c2cccc(OC)c2)C[C@H]1c1cc(OC)ccc1OC)C(=O)C1CC1. The van der Waals surface area contributed by atoms with Crippen LogP contribution in [0.2, 0.25) is 0 Å². The molecule has 9 nitrogen and oxygen atoms in total. The number of hydrogen-bond donors (Lipinski definition) is 0. The Balaban J connectivity index is 1.68. The molecule has 2 aromatic carbocycles. The first kappa shape index (κ1) is 25.5. The fraction of sp³-hybridized carbons (Fsp3) is 0.444. The lowest BCUT2D eigenvalue weighted by Crippen LogP contribution is -2.43. The van der Waals surface area contributed by atoms with Crippen molar-refractivity contribution in [2.75, 3.05) is 48.1 Å². The van der Waals surface area contributed by atoms with Crippen LogP contribution < -0.4 is 14.2 Å². The van der Waals surface area contributed by atoms with Crippen LogP contribution >= 0.6 is 0 Å². The fourth-order valence-corrected chi connectivity index (χ4v) is 4.35. The Morgan fingerprint density at radius 3 is 2.42 bits per heavy atom. The van der Waals surface area contributed by atoms with Crippen molar-refractivity contribution < 1.29 is 28.5 Å². The van der Waals surface area contributed by atoms with Gasteiger partial charge >= 0.3 is 0 Å². The Labute approximate surface area is 211 Å². The van der Waals surface area contributed by atoms with Crippen molar-refractivity contribution in [3.05, 3.63) is 53.6 Å². The normalized spacial score (nSPS) is 16.9. The van der Waals surface area contributed by atoms with E-state index in [-0.39, 0.29) is 24.3 Å². The molecule has 0 saturated heterocycles. The van der Waals surface area contributed by atoms with Gasteiger partial charge in [0.25, 0.3) is 5.91 Å². The molecule has 1 saturated carbocycles. The summed E-state index contributed by atoms with van der Waals surface area (Å²) in [5, 5.41) is 6.23. The van der Waals surface area contributed by atoms with E-state index in [2.05, 4.69) is 0 Å². The zero-order valence-electron chi connectivity index (χ0n) is 21.2. The predicted octanol–water partition coefficient (Wildman–Crippen LogP) is 3.28. The summed E-state index contributed by atoms with van der Waals surface area (Å²) in [6.45, 7) is 0.637. The van der Waals surface area contributed by atoms with Crippen LogP contribution in [0.1, 0.15) is 36.4 Å². The minimum absolute atomic E-state index is 0.00152. The van der Waals surface area contributed by atoms with Crippen LogP contribution in [0.4, 0.5) is 0 Å². The maximum Gasteiger partial charge on any atom is 0.262 e. The van der Waals surface area contributed by atoms with Crippen LogP contribution in [0.15, 0.2) is 47.6 Å². The molecule has 1 fully saturated rings. The van der Waals surface area contributed by atoms with Crippen LogP contribution in [-0.4, -0.2) is 75.6 Å². The van der Waals surface area contributed by atoms with E-state index in [1.54, 1.807) is 33.3 Å². The molecule has 0 aromatic heterocycles. The summed E-state index contributed by atoms with van der Waals surface area (Å²) in [5.41, 5.74) is 2.39. The third-order valence-electron chi connectivity index (χ3n) is 6.49. The number of hydrogen-bond acceptors (Lipinski definition) is 7. The molecule has 0 N–H and O–H groups in total. The van der Waals surface area contributed by atoms with Gasteiger partial charge in [-0.15, -0.1) is 0 Å². The first-order chi connectivity index (χ1) is 17.5. The molecule has 1 atom stereocenters. The number of nitrogens with zero attached hydrogens (tertiary/aromatic N) is 3. The monoisotopic (exact) mass is 495 g/mol. The average molecular weight is 496 g/mol. The minimum Gasteiger partial charge on any atom is -0.497 e. The standard InChI is InChI=1S/C27H33N3O6/c1-33-13-12-29(27(32)18-8-9-18)17-26(31)30-24(22-15-21(35-3)10-11-25(22)36-4)16-23(28-30)19-6-5-7-20(14-19)34-2/h5-7,10-11,14-15,18,24H,8-9,12-13,16-17H2,1-4H3/t24-/m0/s1. The Hall–Kier alpha value is -3.59. The van der Waals surface area contributed by atoms with Crippen molar-refractivity contribution in [1.29, 1.82) is 0 Å². The van der Waals surface area contributed by atoms with Crippen molar-refractivity contribution in [1.82, 2.24) is 9.91 Å². The molecule has 0 radical (unpaired) electrons. The average Bonchev–Trinajstić information content (AvgIpc) is 3.67. The number of benzene rings is 2. The van der Waals surface area contributed by atoms with Gasteiger partial charge in [0, 0.05) is 37.1 Å². The number of hydrazone groups is 1. The van der Waals surface area contributed by atoms with Gasteiger partial charge in [0.05, 0.1) is 39.7 Å². The predicted molar refractivity (Wildman–Crippen MR) is 134 cm³/mol. The van der Waals surface area contributed by atoms with E-state index in [0.717, 1.165) is 29.7 Å². The summed E-state index contributed by atoms with van der Waals surface area (Å²) in [6.07, 6.45) is 2.20. The first-order valence-corrected chi connectivity index (χ1v) is 12.0. The number of methoxy groups -OCH3 is 4. The Morgan fingerprint density at radius 1 is 1.00 bits per heavy atom. The molecule has 0 spiro atoms. The third kappa shape index (κ3) is 5.62. The summed E-state index contributed by atoms with van der Waals surface area (Å²) in [6, 6.07) is 12.7. The number of rotatable bonds is 11. The van der Waals surface area contributed by atoms with Gasteiger partial charge in [-0.05, 0) is 43.2 Å². The van der Waals surface area contributed by atoms with E-state index < -0.39 is 6.04 Å². The van der Waals surface area contributed by atoms with Crippen molar-refractivity contribution in [2.24, 2.45) is 11.0 Å². The van der Waals surface area contributed by atoms with Gasteiger partial charge in [-0.25, -0.2) is 5.01 Å². The summed E-state index contributed by atoms with van der Waals surface area (Å²) in [7, 11) is 6.38. The van der Waals surface area contributed by atoms with Gasteiger partial charge in [-0.2, -0.15) is 5.10 Å². The number of amides is 2. The minimum atomic E-state index is -0.427. The topological polar surface area (TPSA) is 89.9 Å². The molecule has 192 valence electrons. The van der Waals surface area contributed by atoms with Gasteiger partial charge in [-0.3, -0.25) is 9.59 Å². The van der Waals surface area contributed by atoms with Gasteiger partial charge in [0.2, 0.25) is 5.91 Å². The smallest absolute Gasteiger partial charge is 0.262 e. The van der Waals surface area contributed by atoms with E-state index in [9.17, 15) is 9.59 Å². The molecule has 1 heterocycles. The molecule has 1 aliphatic heterocycles. The molecule has 2 aliphatic rings. The Kier molecular flexibility index (Phi) is 8.10. The molecule has 2 amide bonds. The molecule has 0 bridgehead atoms. The van der Waals surface area contributed by atoms with Crippen molar-refractivity contribution >= 4 is 17.5 Å². The lowest BCUT2D eigenvalue weighted by molar-refractivity contribution is -0.142. The molecule has 4 rings (SSSR count). The Morgan fingerprint density at radius 2 is 1.75 bits per heavy atom. The summed E-state index contributed by atoms with van der Waals surface area (Å²) >= 11 is 0. The zero-order valence-corrected chi connectivity index (χ0v) is 21.2. The maximum atomic E-state index is 13.7. The number of ether oxygens (including phenoxy) is 4. The quantitative estimate of drug-likeness (QED) is 0.475. The second kappa shape index (κ2) is 11.4. The lowest BCUT2D eigenvalue weighted by atomic mass is 9.97. The van der Waals surface area contributed by atoms with Crippen molar-refractivity contribution in [3.63, 3.8) is 0 Å². The van der Waals surface area contributed by atoms with E-state index in [4.69, 9.17) is 24.0 Å². The third-order valence-corrected chi connectivity index (χ3v) is 6.49. The number of carbonyl (C=O) groups excluding carboxylic acids is 2. The second-order valence-corrected chi connectivity index (χ2v) is 8.87. The van der Waals surface area contributed by atoms with Crippen molar-refractivity contribution in [3.8, 4) is 17.2 Å². The van der Waals surface area contributed by atoms with Gasteiger partial charge < -0.3 is 23.8 Å². The molecule has 36 heavy (non-hydrogen) atoms. The van der Waals surface area contributed by atoms with Crippen LogP contribution in [0.5, 0.6) is 17.2 Å². The zero-order chi connectivity index (χ0) is 25.7. The molecular weight excluding hydrogens is 462 g/mol. The summed E-state index contributed by atoms with van der Waals surface area (Å²) in [5.74, 6) is 1.71. The van der Waals surface area contributed by atoms with Gasteiger partial charge in [-0.1, -0.05) is 12.1 Å². The Bertz CT molecular complexity index is 1130. The molecular formula is C27H33N3O6. The second-order valence-electron chi connectivity index (χ2n) is 8.87. The highest BCUT2D eigenvalue weighted by Crippen LogP contribution is 2.40. The highest BCUT2D eigenvalue weighted by molar-refractivity contribution is 6.03. The van der Waals surface area contributed by atoms with E-state index >= 15 is 0 Å².